The van der Waals surface area contributed by atoms with Crippen LogP contribution in [-0.4, -0.2) is 36.0 Å². The quantitative estimate of drug-likeness (QED) is 0.906. The molecule has 2 aliphatic heterocycles. The number of halogens is 1. The third-order valence-corrected chi connectivity index (χ3v) is 5.09. The van der Waals surface area contributed by atoms with Crippen molar-refractivity contribution in [3.05, 3.63) is 35.4 Å². The number of likely N-dealkylation sites (tertiary alicyclic amines) is 1. The van der Waals surface area contributed by atoms with Crippen molar-refractivity contribution in [1.82, 2.24) is 10.2 Å². The zero-order valence-corrected chi connectivity index (χ0v) is 14.4. The second-order valence-electron chi connectivity index (χ2n) is 6.63. The second-order valence-corrected chi connectivity index (χ2v) is 6.63. The van der Waals surface area contributed by atoms with Gasteiger partial charge in [-0.1, -0.05) is 30.7 Å². The lowest BCUT2D eigenvalue weighted by atomic mass is 9.93. The van der Waals surface area contributed by atoms with E-state index in [9.17, 15) is 4.79 Å². The van der Waals surface area contributed by atoms with Crippen LogP contribution in [-0.2, 0) is 4.79 Å². The van der Waals surface area contributed by atoms with Gasteiger partial charge in [-0.2, -0.15) is 0 Å². The van der Waals surface area contributed by atoms with Crippen molar-refractivity contribution < 1.29 is 4.79 Å². The van der Waals surface area contributed by atoms with E-state index in [1.54, 1.807) is 0 Å². The zero-order chi connectivity index (χ0) is 14.8. The highest BCUT2D eigenvalue weighted by atomic mass is 35.5. The first-order valence-electron chi connectivity index (χ1n) is 8.26. The van der Waals surface area contributed by atoms with Crippen molar-refractivity contribution in [1.29, 1.82) is 0 Å². The molecule has 0 aliphatic carbocycles. The second kappa shape index (κ2) is 7.47. The van der Waals surface area contributed by atoms with Crippen LogP contribution in [0.2, 0.25) is 0 Å². The average Bonchev–Trinajstić information content (AvgIpc) is 2.89. The lowest BCUT2D eigenvalue weighted by Gasteiger charge is -2.30. The van der Waals surface area contributed by atoms with Crippen LogP contribution in [0.4, 0.5) is 0 Å². The van der Waals surface area contributed by atoms with Gasteiger partial charge in [0.25, 0.3) is 0 Å². The number of rotatable bonds is 2. The summed E-state index contributed by atoms with van der Waals surface area (Å²) in [6.45, 7) is 6.23. The standard InChI is InChI=1S/C18H26N2O.ClH/c1-13-7-3-4-8-16(13)15-11-14(2)20(12-15)18(21)17-9-5-6-10-19-17;/h3-4,7-8,14-15,17,19H,5-6,9-12H2,1-2H3;1H. The molecule has 3 unspecified atom stereocenters. The zero-order valence-electron chi connectivity index (χ0n) is 13.5. The van der Waals surface area contributed by atoms with Gasteiger partial charge >= 0.3 is 0 Å². The van der Waals surface area contributed by atoms with Crippen LogP contribution >= 0.6 is 12.4 Å². The molecule has 1 aromatic carbocycles. The molecule has 3 atom stereocenters. The van der Waals surface area contributed by atoms with E-state index < -0.39 is 0 Å². The Labute approximate surface area is 139 Å². The Kier molecular flexibility index (Phi) is 5.87. The van der Waals surface area contributed by atoms with E-state index in [4.69, 9.17) is 0 Å². The summed E-state index contributed by atoms with van der Waals surface area (Å²) in [5.74, 6) is 0.812. The first kappa shape index (κ1) is 17.3. The summed E-state index contributed by atoms with van der Waals surface area (Å²) in [6.07, 6.45) is 4.46. The summed E-state index contributed by atoms with van der Waals surface area (Å²) < 4.78 is 0. The molecule has 0 spiro atoms. The van der Waals surface area contributed by atoms with Crippen molar-refractivity contribution in [3.63, 3.8) is 0 Å². The molecule has 2 saturated heterocycles. The van der Waals surface area contributed by atoms with Gasteiger partial charge in [0, 0.05) is 18.5 Å². The maximum atomic E-state index is 12.7. The monoisotopic (exact) mass is 322 g/mol. The van der Waals surface area contributed by atoms with Gasteiger partial charge in [-0.3, -0.25) is 4.79 Å². The SMILES string of the molecule is Cc1ccccc1C1CC(C)N(C(=O)C2CCCCN2)C1.Cl. The predicted molar refractivity (Wildman–Crippen MR) is 92.6 cm³/mol. The maximum Gasteiger partial charge on any atom is 0.239 e. The molecule has 2 heterocycles. The van der Waals surface area contributed by atoms with E-state index in [0.29, 0.717) is 17.9 Å². The van der Waals surface area contributed by atoms with Crippen LogP contribution in [0.25, 0.3) is 0 Å². The van der Waals surface area contributed by atoms with Gasteiger partial charge in [-0.05, 0) is 50.8 Å². The number of benzene rings is 1. The summed E-state index contributed by atoms with van der Waals surface area (Å²) in [7, 11) is 0. The van der Waals surface area contributed by atoms with Crippen LogP contribution in [0.1, 0.15) is 49.7 Å². The van der Waals surface area contributed by atoms with Gasteiger partial charge in [0.05, 0.1) is 6.04 Å². The van der Waals surface area contributed by atoms with Crippen LogP contribution < -0.4 is 5.32 Å². The van der Waals surface area contributed by atoms with E-state index in [1.807, 2.05) is 0 Å². The molecular weight excluding hydrogens is 296 g/mol. The van der Waals surface area contributed by atoms with Crippen molar-refractivity contribution in [3.8, 4) is 0 Å². The predicted octanol–water partition coefficient (Wildman–Crippen LogP) is 3.26. The minimum Gasteiger partial charge on any atom is -0.338 e. The Morgan fingerprint density at radius 2 is 2.05 bits per heavy atom. The van der Waals surface area contributed by atoms with Crippen molar-refractivity contribution in [2.45, 2.75) is 57.5 Å². The number of piperidine rings is 1. The molecule has 0 saturated carbocycles. The number of hydrogen-bond donors (Lipinski definition) is 1. The Morgan fingerprint density at radius 3 is 2.73 bits per heavy atom. The number of carbonyl (C=O) groups excluding carboxylic acids is 1. The first-order valence-corrected chi connectivity index (χ1v) is 8.26. The molecule has 3 nitrogen and oxygen atoms in total. The molecule has 0 aromatic heterocycles. The van der Waals surface area contributed by atoms with Gasteiger partial charge in [0.2, 0.25) is 5.91 Å². The number of carbonyl (C=O) groups is 1. The molecule has 2 fully saturated rings. The fourth-order valence-corrected chi connectivity index (χ4v) is 3.87. The Balaban J connectivity index is 0.00000176. The van der Waals surface area contributed by atoms with Gasteiger partial charge in [0.1, 0.15) is 0 Å². The van der Waals surface area contributed by atoms with Crippen molar-refractivity contribution in [2.75, 3.05) is 13.1 Å². The minimum atomic E-state index is 0. The van der Waals surface area contributed by atoms with E-state index >= 15 is 0 Å². The van der Waals surface area contributed by atoms with Crippen LogP contribution in [0.5, 0.6) is 0 Å². The highest BCUT2D eigenvalue weighted by Crippen LogP contribution is 2.33. The number of amides is 1. The highest BCUT2D eigenvalue weighted by Gasteiger charge is 2.36. The van der Waals surface area contributed by atoms with E-state index in [1.165, 1.54) is 24.0 Å². The van der Waals surface area contributed by atoms with Crippen LogP contribution in [0.15, 0.2) is 24.3 Å². The van der Waals surface area contributed by atoms with Crippen molar-refractivity contribution in [2.24, 2.45) is 0 Å². The molecule has 1 amide bonds. The molecule has 22 heavy (non-hydrogen) atoms. The lowest BCUT2D eigenvalue weighted by molar-refractivity contribution is -0.134. The van der Waals surface area contributed by atoms with Gasteiger partial charge < -0.3 is 10.2 Å². The smallest absolute Gasteiger partial charge is 0.239 e. The summed E-state index contributed by atoms with van der Waals surface area (Å²) in [4.78, 5) is 14.8. The number of nitrogens with zero attached hydrogens (tertiary/aromatic N) is 1. The summed E-state index contributed by atoms with van der Waals surface area (Å²) in [5.41, 5.74) is 2.76. The molecule has 0 radical (unpaired) electrons. The maximum absolute atomic E-state index is 12.7. The van der Waals surface area contributed by atoms with Gasteiger partial charge in [-0.25, -0.2) is 0 Å². The van der Waals surface area contributed by atoms with E-state index in [-0.39, 0.29) is 18.4 Å². The fraction of sp³-hybridized carbons (Fsp3) is 0.611. The lowest BCUT2D eigenvalue weighted by Crippen LogP contribution is -2.49. The molecule has 4 heteroatoms. The summed E-state index contributed by atoms with van der Waals surface area (Å²) >= 11 is 0. The molecule has 1 aromatic rings. The molecule has 1 N–H and O–H groups in total. The van der Waals surface area contributed by atoms with E-state index in [0.717, 1.165) is 25.9 Å². The Bertz CT molecular complexity index is 514. The first-order chi connectivity index (χ1) is 10.2. The topological polar surface area (TPSA) is 32.3 Å². The largest absolute Gasteiger partial charge is 0.338 e. The molecule has 3 rings (SSSR count). The van der Waals surface area contributed by atoms with Crippen molar-refractivity contribution >= 4 is 18.3 Å². The molecule has 0 bridgehead atoms. The minimum absolute atomic E-state index is 0. The third kappa shape index (κ3) is 3.47. The Morgan fingerprint density at radius 1 is 1.27 bits per heavy atom. The number of aryl methyl sites for hydroxylation is 1. The van der Waals surface area contributed by atoms with Crippen LogP contribution in [0, 0.1) is 6.92 Å². The highest BCUT2D eigenvalue weighted by molar-refractivity contribution is 5.85. The molecular formula is C18H27ClN2O. The number of nitrogens with one attached hydrogen (secondary N) is 1. The van der Waals surface area contributed by atoms with E-state index in [2.05, 4.69) is 48.3 Å². The number of hydrogen-bond acceptors (Lipinski definition) is 2. The normalized spacial score (nSPS) is 28.3. The summed E-state index contributed by atoms with van der Waals surface area (Å²) in [6, 6.07) is 9.00. The fourth-order valence-electron chi connectivity index (χ4n) is 3.87. The molecule has 2 aliphatic rings. The van der Waals surface area contributed by atoms with Crippen LogP contribution in [0.3, 0.4) is 0 Å². The van der Waals surface area contributed by atoms with Gasteiger partial charge in [-0.15, -0.1) is 12.4 Å². The third-order valence-electron chi connectivity index (χ3n) is 5.09. The van der Waals surface area contributed by atoms with Gasteiger partial charge in [0.15, 0.2) is 0 Å². The molecule has 122 valence electrons. The Hall–Kier alpha value is -1.06. The summed E-state index contributed by atoms with van der Waals surface area (Å²) in [5, 5.41) is 3.39. The average molecular weight is 323 g/mol.